The van der Waals surface area contributed by atoms with Crippen LogP contribution in [-0.2, 0) is 0 Å². The molecule has 1 amide bonds. The molecule has 0 saturated carbocycles. The number of aromatic nitrogens is 6. The summed E-state index contributed by atoms with van der Waals surface area (Å²) in [7, 11) is 1.55. The number of benzene rings is 2. The fourth-order valence-corrected chi connectivity index (χ4v) is 3.39. The number of methoxy groups -OCH3 is 1. The van der Waals surface area contributed by atoms with Crippen molar-refractivity contribution in [3.05, 3.63) is 71.1 Å². The SMILES string of the molecule is COc1ccc(NC(=O)c2c(C)nn(-c3ccc(F)cc3)c2C)cc1-n1nnnc1C. The molecule has 2 aromatic heterocycles. The van der Waals surface area contributed by atoms with E-state index in [0.29, 0.717) is 45.6 Å². The molecule has 0 fully saturated rings. The summed E-state index contributed by atoms with van der Waals surface area (Å²) >= 11 is 0. The van der Waals surface area contributed by atoms with E-state index in [-0.39, 0.29) is 11.7 Å². The first-order valence-electron chi connectivity index (χ1n) is 9.46. The van der Waals surface area contributed by atoms with Crippen LogP contribution in [0.15, 0.2) is 42.5 Å². The molecule has 2 heterocycles. The van der Waals surface area contributed by atoms with E-state index >= 15 is 0 Å². The second-order valence-electron chi connectivity index (χ2n) is 6.91. The van der Waals surface area contributed by atoms with Gasteiger partial charge in [-0.3, -0.25) is 4.79 Å². The van der Waals surface area contributed by atoms with E-state index in [0.717, 1.165) is 0 Å². The Morgan fingerprint density at radius 2 is 1.81 bits per heavy atom. The van der Waals surface area contributed by atoms with Crippen LogP contribution in [0.1, 0.15) is 27.6 Å². The number of carbonyl (C=O) groups is 1. The van der Waals surface area contributed by atoms with E-state index in [9.17, 15) is 9.18 Å². The summed E-state index contributed by atoms with van der Waals surface area (Å²) in [4.78, 5) is 13.1. The van der Waals surface area contributed by atoms with Crippen molar-refractivity contribution in [3.63, 3.8) is 0 Å². The number of anilines is 1. The molecule has 0 bridgehead atoms. The van der Waals surface area contributed by atoms with Crippen LogP contribution in [0.3, 0.4) is 0 Å². The Labute approximate surface area is 177 Å². The maximum atomic E-state index is 13.3. The second-order valence-corrected chi connectivity index (χ2v) is 6.91. The lowest BCUT2D eigenvalue weighted by Crippen LogP contribution is -2.15. The van der Waals surface area contributed by atoms with Gasteiger partial charge in [-0.05, 0) is 73.7 Å². The molecule has 0 unspecified atom stereocenters. The van der Waals surface area contributed by atoms with E-state index in [1.165, 1.54) is 16.8 Å². The van der Waals surface area contributed by atoms with E-state index in [2.05, 4.69) is 25.9 Å². The maximum absolute atomic E-state index is 13.3. The van der Waals surface area contributed by atoms with Crippen molar-refractivity contribution < 1.29 is 13.9 Å². The third kappa shape index (κ3) is 3.75. The molecule has 0 atom stereocenters. The zero-order valence-electron chi connectivity index (χ0n) is 17.4. The number of halogens is 1. The van der Waals surface area contributed by atoms with Crippen LogP contribution < -0.4 is 10.1 Å². The first kappa shape index (κ1) is 20.2. The van der Waals surface area contributed by atoms with Crippen molar-refractivity contribution in [1.29, 1.82) is 0 Å². The van der Waals surface area contributed by atoms with Crippen molar-refractivity contribution in [3.8, 4) is 17.1 Å². The van der Waals surface area contributed by atoms with Gasteiger partial charge < -0.3 is 10.1 Å². The van der Waals surface area contributed by atoms with Crippen LogP contribution in [0.2, 0.25) is 0 Å². The van der Waals surface area contributed by atoms with Crippen LogP contribution in [0.5, 0.6) is 5.75 Å². The molecule has 31 heavy (non-hydrogen) atoms. The normalized spacial score (nSPS) is 10.9. The van der Waals surface area contributed by atoms with E-state index < -0.39 is 0 Å². The second kappa shape index (κ2) is 7.98. The van der Waals surface area contributed by atoms with Gasteiger partial charge in [0, 0.05) is 5.69 Å². The number of aryl methyl sites for hydroxylation is 2. The molecule has 10 heteroatoms. The highest BCUT2D eigenvalue weighted by Gasteiger charge is 2.20. The summed E-state index contributed by atoms with van der Waals surface area (Å²) in [5, 5.41) is 18.9. The summed E-state index contributed by atoms with van der Waals surface area (Å²) in [5.41, 5.74) is 3.46. The van der Waals surface area contributed by atoms with Gasteiger partial charge in [0.15, 0.2) is 5.82 Å². The lowest BCUT2D eigenvalue weighted by atomic mass is 10.1. The molecule has 4 aromatic rings. The van der Waals surface area contributed by atoms with Crippen molar-refractivity contribution in [2.24, 2.45) is 0 Å². The van der Waals surface area contributed by atoms with Crippen LogP contribution in [0.25, 0.3) is 11.4 Å². The third-order valence-electron chi connectivity index (χ3n) is 4.88. The van der Waals surface area contributed by atoms with Gasteiger partial charge in [-0.25, -0.2) is 9.07 Å². The standard InChI is InChI=1S/C21H20FN7O2/c1-12-20(13(2)28(25-12)17-8-5-15(22)6-9-17)21(30)23-16-7-10-19(31-4)18(11-16)29-14(3)24-26-27-29/h5-11H,1-4H3,(H,23,30). The van der Waals surface area contributed by atoms with Crippen LogP contribution in [0.4, 0.5) is 10.1 Å². The highest BCUT2D eigenvalue weighted by Crippen LogP contribution is 2.27. The minimum absolute atomic E-state index is 0.312. The number of rotatable bonds is 5. The molecular weight excluding hydrogens is 401 g/mol. The Kier molecular flexibility index (Phi) is 5.20. The minimum atomic E-state index is -0.337. The summed E-state index contributed by atoms with van der Waals surface area (Å²) < 4.78 is 21.8. The van der Waals surface area contributed by atoms with E-state index in [4.69, 9.17) is 4.74 Å². The average molecular weight is 421 g/mol. The maximum Gasteiger partial charge on any atom is 0.259 e. The fourth-order valence-electron chi connectivity index (χ4n) is 3.39. The fraction of sp³-hybridized carbons (Fsp3) is 0.190. The Bertz CT molecular complexity index is 1260. The highest BCUT2D eigenvalue weighted by atomic mass is 19.1. The number of carbonyl (C=O) groups excluding carboxylic acids is 1. The summed E-state index contributed by atoms with van der Waals surface area (Å²) in [5.74, 6) is 0.489. The number of hydrogen-bond donors (Lipinski definition) is 1. The van der Waals surface area contributed by atoms with E-state index in [1.54, 1.807) is 62.9 Å². The molecule has 0 aliphatic rings. The van der Waals surface area contributed by atoms with Crippen LogP contribution >= 0.6 is 0 Å². The van der Waals surface area contributed by atoms with Gasteiger partial charge in [0.25, 0.3) is 5.91 Å². The van der Waals surface area contributed by atoms with Crippen molar-refractivity contribution in [2.45, 2.75) is 20.8 Å². The minimum Gasteiger partial charge on any atom is -0.494 e. The molecule has 0 radical (unpaired) electrons. The number of ether oxygens (including phenoxy) is 1. The predicted octanol–water partition coefficient (Wildman–Crippen LogP) is 3.17. The Balaban J connectivity index is 1.66. The topological polar surface area (TPSA) is 99.8 Å². The number of hydrogen-bond acceptors (Lipinski definition) is 6. The summed E-state index contributed by atoms with van der Waals surface area (Å²) in [6.07, 6.45) is 0. The Hall–Kier alpha value is -4.08. The molecule has 158 valence electrons. The summed E-state index contributed by atoms with van der Waals surface area (Å²) in [6, 6.07) is 11.1. The smallest absolute Gasteiger partial charge is 0.259 e. The molecule has 9 nitrogen and oxygen atoms in total. The van der Waals surface area contributed by atoms with Gasteiger partial charge >= 0.3 is 0 Å². The van der Waals surface area contributed by atoms with Gasteiger partial charge in [-0.1, -0.05) is 0 Å². The monoisotopic (exact) mass is 421 g/mol. The van der Waals surface area contributed by atoms with Crippen LogP contribution in [-0.4, -0.2) is 43.0 Å². The number of nitrogens with one attached hydrogen (secondary N) is 1. The zero-order chi connectivity index (χ0) is 22.1. The third-order valence-corrected chi connectivity index (χ3v) is 4.88. The van der Waals surface area contributed by atoms with Crippen molar-refractivity contribution >= 4 is 11.6 Å². The highest BCUT2D eigenvalue weighted by molar-refractivity contribution is 6.06. The molecule has 4 rings (SSSR count). The van der Waals surface area contributed by atoms with Gasteiger partial charge in [-0.2, -0.15) is 9.78 Å². The Morgan fingerprint density at radius 1 is 1.06 bits per heavy atom. The van der Waals surface area contributed by atoms with Gasteiger partial charge in [0.05, 0.1) is 29.7 Å². The van der Waals surface area contributed by atoms with E-state index in [1.807, 2.05) is 0 Å². The van der Waals surface area contributed by atoms with Crippen LogP contribution in [0, 0.1) is 26.6 Å². The first-order valence-corrected chi connectivity index (χ1v) is 9.46. The Morgan fingerprint density at radius 3 is 2.45 bits per heavy atom. The van der Waals surface area contributed by atoms with Crippen molar-refractivity contribution in [2.75, 3.05) is 12.4 Å². The first-order chi connectivity index (χ1) is 14.9. The molecule has 0 saturated heterocycles. The number of tetrazole rings is 1. The number of amides is 1. The largest absolute Gasteiger partial charge is 0.494 e. The molecule has 0 spiro atoms. The van der Waals surface area contributed by atoms with Gasteiger partial charge in [-0.15, -0.1) is 5.10 Å². The predicted molar refractivity (Wildman–Crippen MR) is 111 cm³/mol. The molecular formula is C21H20FN7O2. The lowest BCUT2D eigenvalue weighted by Gasteiger charge is -2.12. The van der Waals surface area contributed by atoms with Gasteiger partial charge in [0.2, 0.25) is 0 Å². The quantitative estimate of drug-likeness (QED) is 0.531. The zero-order valence-corrected chi connectivity index (χ0v) is 17.4. The van der Waals surface area contributed by atoms with Crippen molar-refractivity contribution in [1.82, 2.24) is 30.0 Å². The molecule has 0 aliphatic carbocycles. The number of nitrogens with zero attached hydrogens (tertiary/aromatic N) is 6. The molecule has 1 N–H and O–H groups in total. The molecule has 0 aliphatic heterocycles. The lowest BCUT2D eigenvalue weighted by molar-refractivity contribution is 0.102. The average Bonchev–Trinajstić information content (AvgIpc) is 3.30. The summed E-state index contributed by atoms with van der Waals surface area (Å²) in [6.45, 7) is 5.31. The molecule has 2 aromatic carbocycles. The van der Waals surface area contributed by atoms with Gasteiger partial charge in [0.1, 0.15) is 17.3 Å².